The van der Waals surface area contributed by atoms with Gasteiger partial charge in [-0.1, -0.05) is 6.08 Å². The van der Waals surface area contributed by atoms with E-state index in [0.717, 1.165) is 0 Å². The van der Waals surface area contributed by atoms with Crippen molar-refractivity contribution in [2.24, 2.45) is 11.3 Å². The SMILES string of the molecule is C=C[C@@H]1[C@@H]2OC(C)(C)O[C@@H]2[C@@H]2OC(C)(C)O[C@@H]2[C@H]1OC(=O)C(C)(C)C. The van der Waals surface area contributed by atoms with Gasteiger partial charge < -0.3 is 23.7 Å². The molecule has 6 nitrogen and oxygen atoms in total. The summed E-state index contributed by atoms with van der Waals surface area (Å²) in [4.78, 5) is 12.5. The highest BCUT2D eigenvalue weighted by atomic mass is 16.8. The lowest BCUT2D eigenvalue weighted by molar-refractivity contribution is -0.189. The number of hydrogen-bond acceptors (Lipinski definition) is 6. The normalized spacial score (nSPS) is 41.7. The summed E-state index contributed by atoms with van der Waals surface area (Å²) in [6.07, 6.45) is -0.152. The van der Waals surface area contributed by atoms with Gasteiger partial charge in [-0.2, -0.15) is 0 Å². The third-order valence-electron chi connectivity index (χ3n) is 4.86. The highest BCUT2D eigenvalue weighted by Gasteiger charge is 2.64. The predicted molar refractivity (Wildman–Crippen MR) is 90.7 cm³/mol. The Kier molecular flexibility index (Phi) is 4.35. The minimum atomic E-state index is -0.779. The van der Waals surface area contributed by atoms with Crippen molar-refractivity contribution in [3.63, 3.8) is 0 Å². The molecule has 0 aromatic rings. The Hall–Kier alpha value is -0.950. The molecule has 3 rings (SSSR count). The minimum Gasteiger partial charge on any atom is -0.458 e. The molecule has 6 heteroatoms. The quantitative estimate of drug-likeness (QED) is 0.561. The van der Waals surface area contributed by atoms with Crippen molar-refractivity contribution in [2.75, 3.05) is 0 Å². The van der Waals surface area contributed by atoms with Crippen LogP contribution in [0.4, 0.5) is 0 Å². The van der Waals surface area contributed by atoms with Gasteiger partial charge >= 0.3 is 5.97 Å². The largest absolute Gasteiger partial charge is 0.458 e. The molecule has 6 atom stereocenters. The molecule has 1 aliphatic carbocycles. The van der Waals surface area contributed by atoms with Gasteiger partial charge in [0.1, 0.15) is 24.4 Å². The minimum absolute atomic E-state index is 0.239. The van der Waals surface area contributed by atoms with Gasteiger partial charge in [-0.25, -0.2) is 0 Å². The first-order valence-electron chi connectivity index (χ1n) is 8.89. The smallest absolute Gasteiger partial charge is 0.311 e. The van der Waals surface area contributed by atoms with Crippen molar-refractivity contribution in [3.05, 3.63) is 12.7 Å². The summed E-state index contributed by atoms with van der Waals surface area (Å²) in [5, 5.41) is 0. The lowest BCUT2D eigenvalue weighted by atomic mass is 9.78. The van der Waals surface area contributed by atoms with E-state index >= 15 is 0 Å². The maximum absolute atomic E-state index is 12.5. The number of carbonyl (C=O) groups excluding carboxylic acids is 1. The van der Waals surface area contributed by atoms with E-state index in [0.29, 0.717) is 0 Å². The second-order valence-electron chi connectivity index (χ2n) is 9.06. The van der Waals surface area contributed by atoms with Crippen molar-refractivity contribution < 1.29 is 28.5 Å². The van der Waals surface area contributed by atoms with Crippen LogP contribution in [0.2, 0.25) is 0 Å². The Labute approximate surface area is 149 Å². The molecule has 25 heavy (non-hydrogen) atoms. The molecule has 2 aliphatic heterocycles. The van der Waals surface area contributed by atoms with Crippen molar-refractivity contribution in [2.45, 2.75) is 90.6 Å². The van der Waals surface area contributed by atoms with Crippen LogP contribution in [0, 0.1) is 11.3 Å². The van der Waals surface area contributed by atoms with Gasteiger partial charge in [0.2, 0.25) is 0 Å². The van der Waals surface area contributed by atoms with E-state index < -0.39 is 29.2 Å². The van der Waals surface area contributed by atoms with Gasteiger partial charge in [0, 0.05) is 5.92 Å². The molecule has 0 unspecified atom stereocenters. The summed E-state index contributed by atoms with van der Waals surface area (Å²) in [6, 6.07) is 0. The Morgan fingerprint density at radius 3 is 1.84 bits per heavy atom. The summed E-state index contributed by atoms with van der Waals surface area (Å²) in [6.45, 7) is 16.9. The van der Waals surface area contributed by atoms with Crippen LogP contribution in [-0.4, -0.2) is 48.1 Å². The van der Waals surface area contributed by atoms with Crippen LogP contribution >= 0.6 is 0 Å². The molecule has 0 radical (unpaired) electrons. The monoisotopic (exact) mass is 354 g/mol. The number of rotatable bonds is 2. The average molecular weight is 354 g/mol. The number of fused-ring (bicyclic) bond motifs is 3. The van der Waals surface area contributed by atoms with E-state index in [1.165, 1.54) is 0 Å². The molecule has 2 heterocycles. The molecular formula is C19H30O6. The second-order valence-corrected chi connectivity index (χ2v) is 9.06. The topological polar surface area (TPSA) is 63.2 Å². The predicted octanol–water partition coefficient (Wildman–Crippen LogP) is 2.80. The van der Waals surface area contributed by atoms with Crippen LogP contribution in [0.15, 0.2) is 12.7 Å². The van der Waals surface area contributed by atoms with E-state index in [-0.39, 0.29) is 30.2 Å². The van der Waals surface area contributed by atoms with Crippen LogP contribution < -0.4 is 0 Å². The number of hydrogen-bond donors (Lipinski definition) is 0. The molecule has 0 N–H and O–H groups in total. The van der Waals surface area contributed by atoms with E-state index in [4.69, 9.17) is 23.7 Å². The summed E-state index contributed by atoms with van der Waals surface area (Å²) >= 11 is 0. The van der Waals surface area contributed by atoms with Crippen molar-refractivity contribution in [1.82, 2.24) is 0 Å². The summed E-state index contributed by atoms with van der Waals surface area (Å²) in [7, 11) is 0. The highest BCUT2D eigenvalue weighted by molar-refractivity contribution is 5.75. The molecule has 2 saturated heterocycles. The Balaban J connectivity index is 1.95. The zero-order chi connectivity index (χ0) is 18.8. The van der Waals surface area contributed by atoms with Gasteiger partial charge in [-0.3, -0.25) is 4.79 Å². The number of ether oxygens (including phenoxy) is 5. The molecule has 1 saturated carbocycles. The van der Waals surface area contributed by atoms with Crippen molar-refractivity contribution >= 4 is 5.97 Å². The number of esters is 1. The van der Waals surface area contributed by atoms with Gasteiger partial charge in [0.15, 0.2) is 11.6 Å². The van der Waals surface area contributed by atoms with Crippen molar-refractivity contribution in [3.8, 4) is 0 Å². The maximum atomic E-state index is 12.5. The molecule has 3 fully saturated rings. The zero-order valence-corrected chi connectivity index (χ0v) is 16.2. The zero-order valence-electron chi connectivity index (χ0n) is 16.2. The Bertz CT molecular complexity index is 561. The average Bonchev–Trinajstić information content (AvgIpc) is 2.93. The van der Waals surface area contributed by atoms with E-state index in [2.05, 4.69) is 6.58 Å². The van der Waals surface area contributed by atoms with E-state index in [1.807, 2.05) is 48.5 Å². The van der Waals surface area contributed by atoms with Crippen LogP contribution in [0.25, 0.3) is 0 Å². The molecule has 3 aliphatic rings. The highest BCUT2D eigenvalue weighted by Crippen LogP contribution is 2.48. The maximum Gasteiger partial charge on any atom is 0.311 e. The van der Waals surface area contributed by atoms with Gasteiger partial charge in [0.05, 0.1) is 11.5 Å². The lowest BCUT2D eigenvalue weighted by Crippen LogP contribution is -2.59. The molecule has 142 valence electrons. The first-order chi connectivity index (χ1) is 11.3. The molecule has 0 bridgehead atoms. The molecule has 0 aromatic carbocycles. The fraction of sp³-hybridized carbons (Fsp3) is 0.842. The Morgan fingerprint density at radius 1 is 0.920 bits per heavy atom. The van der Waals surface area contributed by atoms with Crippen LogP contribution in [0.5, 0.6) is 0 Å². The van der Waals surface area contributed by atoms with Crippen LogP contribution in [0.3, 0.4) is 0 Å². The van der Waals surface area contributed by atoms with Gasteiger partial charge in [0.25, 0.3) is 0 Å². The molecule has 0 amide bonds. The van der Waals surface area contributed by atoms with Crippen LogP contribution in [-0.2, 0) is 28.5 Å². The third-order valence-corrected chi connectivity index (χ3v) is 4.86. The molecule has 0 aromatic heterocycles. The summed E-state index contributed by atoms with van der Waals surface area (Å²) < 4.78 is 30.3. The molecule has 0 spiro atoms. The lowest BCUT2D eigenvalue weighted by Gasteiger charge is -2.42. The standard InChI is InChI=1S/C19H30O6/c1-9-10-11(21-16(20)17(2,3)4)13-15(25-19(7,8)23-13)14-12(10)22-18(5,6)24-14/h9-15H,1H2,2-8H3/t10-,11-,12-,13+,14-,15+/m0/s1. The van der Waals surface area contributed by atoms with Gasteiger partial charge in [-0.15, -0.1) is 6.58 Å². The Morgan fingerprint density at radius 2 is 1.36 bits per heavy atom. The first kappa shape index (κ1) is 18.8. The van der Waals surface area contributed by atoms with Crippen LogP contribution in [0.1, 0.15) is 48.5 Å². The summed E-state index contributed by atoms with van der Waals surface area (Å²) in [5.41, 5.74) is -0.612. The second kappa shape index (κ2) is 5.78. The fourth-order valence-electron chi connectivity index (χ4n) is 3.81. The first-order valence-corrected chi connectivity index (χ1v) is 8.89. The third kappa shape index (κ3) is 3.37. The number of carbonyl (C=O) groups is 1. The van der Waals surface area contributed by atoms with Gasteiger partial charge in [-0.05, 0) is 48.5 Å². The fourth-order valence-corrected chi connectivity index (χ4v) is 3.81. The molecular weight excluding hydrogens is 324 g/mol. The van der Waals surface area contributed by atoms with Crippen molar-refractivity contribution in [1.29, 1.82) is 0 Å². The van der Waals surface area contributed by atoms with E-state index in [9.17, 15) is 4.79 Å². The summed E-state index contributed by atoms with van der Waals surface area (Å²) in [5.74, 6) is -2.04. The van der Waals surface area contributed by atoms with E-state index in [1.54, 1.807) is 6.08 Å².